The summed E-state index contributed by atoms with van der Waals surface area (Å²) in [5.41, 5.74) is 4.00. The Morgan fingerprint density at radius 2 is 1.46 bits per heavy atom. The predicted octanol–water partition coefficient (Wildman–Crippen LogP) is 4.82. The average Bonchev–Trinajstić information content (AvgIpc) is 2.60. The van der Waals surface area contributed by atoms with Crippen molar-refractivity contribution in [3.8, 4) is 0 Å². The molecule has 0 fully saturated rings. The number of hydrogen-bond donors (Lipinski definition) is 1. The monoisotopic (exact) mass is 352 g/mol. The first-order valence-corrected chi connectivity index (χ1v) is 9.23. The van der Waals surface area contributed by atoms with E-state index in [0.717, 1.165) is 42.7 Å². The minimum atomic E-state index is -0.206. The van der Waals surface area contributed by atoms with E-state index in [2.05, 4.69) is 25.2 Å². The highest BCUT2D eigenvalue weighted by Crippen LogP contribution is 2.16. The molecule has 0 spiro atoms. The molecule has 0 unspecified atom stereocenters. The van der Waals surface area contributed by atoms with Crippen LogP contribution in [-0.2, 0) is 0 Å². The summed E-state index contributed by atoms with van der Waals surface area (Å²) in [5.74, 6) is -0.225. The van der Waals surface area contributed by atoms with Crippen molar-refractivity contribution in [2.24, 2.45) is 0 Å². The second-order valence-corrected chi connectivity index (χ2v) is 6.70. The summed E-state index contributed by atoms with van der Waals surface area (Å²) < 4.78 is 0. The van der Waals surface area contributed by atoms with Gasteiger partial charge in [-0.2, -0.15) is 0 Å². The van der Waals surface area contributed by atoms with Crippen molar-refractivity contribution in [1.29, 1.82) is 0 Å². The van der Waals surface area contributed by atoms with E-state index in [4.69, 9.17) is 0 Å². The SMILES string of the molecule is CCCN(CCC)C(=O)c1cccc(C(=O)Nc2cc(C)cc(C)c2)c1. The number of hydrogen-bond acceptors (Lipinski definition) is 2. The molecule has 138 valence electrons. The molecule has 0 bridgehead atoms. The van der Waals surface area contributed by atoms with Crippen LogP contribution in [0.15, 0.2) is 42.5 Å². The molecule has 0 heterocycles. The van der Waals surface area contributed by atoms with Crippen LogP contribution in [0.1, 0.15) is 58.5 Å². The molecule has 2 aromatic carbocycles. The van der Waals surface area contributed by atoms with Crippen molar-refractivity contribution < 1.29 is 9.59 Å². The lowest BCUT2D eigenvalue weighted by molar-refractivity contribution is 0.0755. The van der Waals surface area contributed by atoms with Gasteiger partial charge in [-0.05, 0) is 68.1 Å². The minimum absolute atomic E-state index is 0.0187. The highest BCUT2D eigenvalue weighted by molar-refractivity contribution is 6.06. The van der Waals surface area contributed by atoms with Gasteiger partial charge in [0.15, 0.2) is 0 Å². The molecule has 26 heavy (non-hydrogen) atoms. The Balaban J connectivity index is 2.19. The molecule has 0 saturated carbocycles. The van der Waals surface area contributed by atoms with Gasteiger partial charge in [0, 0.05) is 29.9 Å². The molecular weight excluding hydrogens is 324 g/mol. The zero-order valence-electron chi connectivity index (χ0n) is 16.1. The molecule has 2 amide bonds. The zero-order valence-corrected chi connectivity index (χ0v) is 16.1. The smallest absolute Gasteiger partial charge is 0.255 e. The van der Waals surface area contributed by atoms with E-state index in [1.165, 1.54) is 0 Å². The number of anilines is 1. The van der Waals surface area contributed by atoms with Gasteiger partial charge in [-0.3, -0.25) is 9.59 Å². The quantitative estimate of drug-likeness (QED) is 0.777. The van der Waals surface area contributed by atoms with Crippen molar-refractivity contribution in [2.75, 3.05) is 18.4 Å². The van der Waals surface area contributed by atoms with E-state index in [9.17, 15) is 9.59 Å². The second-order valence-electron chi connectivity index (χ2n) is 6.70. The van der Waals surface area contributed by atoms with Gasteiger partial charge in [0.25, 0.3) is 11.8 Å². The lowest BCUT2D eigenvalue weighted by atomic mass is 10.1. The van der Waals surface area contributed by atoms with E-state index >= 15 is 0 Å². The minimum Gasteiger partial charge on any atom is -0.339 e. The lowest BCUT2D eigenvalue weighted by Crippen LogP contribution is -2.32. The average molecular weight is 352 g/mol. The van der Waals surface area contributed by atoms with Crippen LogP contribution in [0.3, 0.4) is 0 Å². The van der Waals surface area contributed by atoms with Crippen molar-refractivity contribution >= 4 is 17.5 Å². The molecule has 2 aromatic rings. The maximum atomic E-state index is 12.7. The first kappa shape index (κ1) is 19.7. The Bertz CT molecular complexity index is 757. The first-order valence-electron chi connectivity index (χ1n) is 9.23. The normalized spacial score (nSPS) is 10.5. The van der Waals surface area contributed by atoms with Crippen LogP contribution < -0.4 is 5.32 Å². The van der Waals surface area contributed by atoms with Crippen LogP contribution in [0.25, 0.3) is 0 Å². The third-order valence-corrected chi connectivity index (χ3v) is 4.13. The number of nitrogens with one attached hydrogen (secondary N) is 1. The third kappa shape index (κ3) is 5.19. The number of carbonyl (C=O) groups excluding carboxylic acids is 2. The van der Waals surface area contributed by atoms with Crippen LogP contribution in [0.4, 0.5) is 5.69 Å². The van der Waals surface area contributed by atoms with Gasteiger partial charge in [-0.25, -0.2) is 0 Å². The molecule has 0 radical (unpaired) electrons. The van der Waals surface area contributed by atoms with Crippen molar-refractivity contribution in [2.45, 2.75) is 40.5 Å². The Hall–Kier alpha value is -2.62. The predicted molar refractivity (Wildman–Crippen MR) is 107 cm³/mol. The molecule has 0 atom stereocenters. The van der Waals surface area contributed by atoms with Gasteiger partial charge in [0.05, 0.1) is 0 Å². The molecule has 1 N–H and O–H groups in total. The van der Waals surface area contributed by atoms with E-state index in [1.807, 2.05) is 30.9 Å². The van der Waals surface area contributed by atoms with E-state index < -0.39 is 0 Å². The first-order chi connectivity index (χ1) is 12.4. The molecule has 0 aromatic heterocycles. The van der Waals surface area contributed by atoms with Gasteiger partial charge in [-0.15, -0.1) is 0 Å². The van der Waals surface area contributed by atoms with Gasteiger partial charge in [0.1, 0.15) is 0 Å². The zero-order chi connectivity index (χ0) is 19.1. The van der Waals surface area contributed by atoms with Crippen LogP contribution in [-0.4, -0.2) is 29.8 Å². The van der Waals surface area contributed by atoms with Crippen LogP contribution >= 0.6 is 0 Å². The standard InChI is InChI=1S/C22H28N2O2/c1-5-10-24(11-6-2)22(26)19-9-7-8-18(15-19)21(25)23-20-13-16(3)12-17(4)14-20/h7-9,12-15H,5-6,10-11H2,1-4H3,(H,23,25). The van der Waals surface area contributed by atoms with Gasteiger partial charge in [-0.1, -0.05) is 26.0 Å². The summed E-state index contributed by atoms with van der Waals surface area (Å²) in [5, 5.41) is 2.92. The topological polar surface area (TPSA) is 49.4 Å². The summed E-state index contributed by atoms with van der Waals surface area (Å²) in [6, 6.07) is 12.9. The number of rotatable bonds is 7. The molecule has 4 nitrogen and oxygen atoms in total. The molecule has 0 saturated heterocycles. The van der Waals surface area contributed by atoms with Gasteiger partial charge >= 0.3 is 0 Å². The number of aryl methyl sites for hydroxylation is 2. The Morgan fingerprint density at radius 1 is 0.885 bits per heavy atom. The van der Waals surface area contributed by atoms with Gasteiger partial charge < -0.3 is 10.2 Å². The number of amides is 2. The summed E-state index contributed by atoms with van der Waals surface area (Å²) >= 11 is 0. The number of nitrogens with zero attached hydrogens (tertiary/aromatic N) is 1. The molecule has 0 aliphatic carbocycles. The second kappa shape index (κ2) is 9.18. The fraction of sp³-hybridized carbons (Fsp3) is 0.364. The summed E-state index contributed by atoms with van der Waals surface area (Å²) in [4.78, 5) is 27.2. The Kier molecular flexibility index (Phi) is 6.96. The summed E-state index contributed by atoms with van der Waals surface area (Å²) in [6.07, 6.45) is 1.83. The fourth-order valence-corrected chi connectivity index (χ4v) is 3.08. The van der Waals surface area contributed by atoms with E-state index in [-0.39, 0.29) is 11.8 Å². The maximum absolute atomic E-state index is 12.7. The van der Waals surface area contributed by atoms with Crippen molar-refractivity contribution in [3.05, 3.63) is 64.7 Å². The lowest BCUT2D eigenvalue weighted by Gasteiger charge is -2.21. The van der Waals surface area contributed by atoms with Crippen molar-refractivity contribution in [1.82, 2.24) is 4.90 Å². The van der Waals surface area contributed by atoms with E-state index in [0.29, 0.717) is 11.1 Å². The van der Waals surface area contributed by atoms with E-state index in [1.54, 1.807) is 24.3 Å². The number of benzene rings is 2. The molecule has 0 aliphatic rings. The number of carbonyl (C=O) groups is 2. The Morgan fingerprint density at radius 3 is 2.04 bits per heavy atom. The summed E-state index contributed by atoms with van der Waals surface area (Å²) in [6.45, 7) is 9.57. The molecule has 2 rings (SSSR count). The highest BCUT2D eigenvalue weighted by atomic mass is 16.2. The largest absolute Gasteiger partial charge is 0.339 e. The van der Waals surface area contributed by atoms with Crippen LogP contribution in [0.2, 0.25) is 0 Å². The van der Waals surface area contributed by atoms with Crippen LogP contribution in [0, 0.1) is 13.8 Å². The molecule has 4 heteroatoms. The molecular formula is C22H28N2O2. The highest BCUT2D eigenvalue weighted by Gasteiger charge is 2.16. The maximum Gasteiger partial charge on any atom is 0.255 e. The van der Waals surface area contributed by atoms with Crippen LogP contribution in [0.5, 0.6) is 0 Å². The van der Waals surface area contributed by atoms with Gasteiger partial charge in [0.2, 0.25) is 0 Å². The third-order valence-electron chi connectivity index (χ3n) is 4.13. The van der Waals surface area contributed by atoms with Crippen molar-refractivity contribution in [3.63, 3.8) is 0 Å². The Labute approximate surface area is 156 Å². The summed E-state index contributed by atoms with van der Waals surface area (Å²) in [7, 11) is 0. The fourth-order valence-electron chi connectivity index (χ4n) is 3.08. The molecule has 0 aliphatic heterocycles.